The number of hydrogen-bond acceptors (Lipinski definition) is 15. The van der Waals surface area contributed by atoms with Crippen molar-refractivity contribution in [1.29, 1.82) is 0 Å². The lowest BCUT2D eigenvalue weighted by molar-refractivity contribution is -0.141. The second kappa shape index (κ2) is 27.0. The van der Waals surface area contributed by atoms with Gasteiger partial charge in [-0.05, 0) is 97.9 Å². The van der Waals surface area contributed by atoms with Gasteiger partial charge in [0.05, 0.1) is 50.7 Å². The van der Waals surface area contributed by atoms with Gasteiger partial charge in [0, 0.05) is 151 Å². The van der Waals surface area contributed by atoms with Crippen molar-refractivity contribution in [3.63, 3.8) is 0 Å². The molecule has 19 heteroatoms. The zero-order chi connectivity index (χ0) is 61.2. The molecule has 3 aliphatic rings. The van der Waals surface area contributed by atoms with Crippen LogP contribution in [0.1, 0.15) is 73.9 Å². The molecule has 0 radical (unpaired) electrons. The molecule has 3 fully saturated rings. The Morgan fingerprint density at radius 2 is 0.761 bits per heavy atom. The molecule has 9 aromatic heterocycles. The molecule has 3 saturated heterocycles. The third-order valence-corrected chi connectivity index (χ3v) is 15.3. The van der Waals surface area contributed by atoms with Crippen LogP contribution in [0.2, 0.25) is 0 Å². The van der Waals surface area contributed by atoms with E-state index in [1.165, 1.54) is 36.1 Å². The zero-order valence-electron chi connectivity index (χ0n) is 49.2. The molecule has 12 aromatic rings. The molecule has 12 heterocycles. The van der Waals surface area contributed by atoms with Gasteiger partial charge in [-0.15, -0.1) is 0 Å². The number of alkyl halides is 3. The van der Waals surface area contributed by atoms with Crippen molar-refractivity contribution in [2.45, 2.75) is 58.5 Å². The van der Waals surface area contributed by atoms with E-state index in [-0.39, 0.29) is 11.8 Å². The SMILES string of the molecule is CC.CC.Cc1ncccc1-c1nccnc1C1CN(c2ccc3ccccc3n2)C1.FC(F)(F)c1ccc(-c2nccnc2C2CN(c3ccc4ccccc4n3)C2)cn1.Fc1ccc(-c2nccnc2C2CN(c3ccc4ccccc4n3)C2)cn1. The van der Waals surface area contributed by atoms with Crippen molar-refractivity contribution in [3.8, 4) is 33.8 Å². The van der Waals surface area contributed by atoms with Crippen LogP contribution in [0.4, 0.5) is 35.0 Å². The summed E-state index contributed by atoms with van der Waals surface area (Å²) in [6, 6.07) is 46.1. The van der Waals surface area contributed by atoms with Crippen LogP contribution in [0.25, 0.3) is 66.5 Å². The Bertz CT molecular complexity index is 4310. The molecule has 15 nitrogen and oxygen atoms in total. The van der Waals surface area contributed by atoms with Gasteiger partial charge in [-0.3, -0.25) is 39.9 Å². The summed E-state index contributed by atoms with van der Waals surface area (Å²) in [5.41, 5.74) is 10.4. The number of hydrogen-bond donors (Lipinski definition) is 0. The van der Waals surface area contributed by atoms with Crippen molar-refractivity contribution in [2.75, 3.05) is 54.0 Å². The van der Waals surface area contributed by atoms with E-state index in [9.17, 15) is 17.6 Å². The summed E-state index contributed by atoms with van der Waals surface area (Å²) < 4.78 is 51.5. The standard InChI is InChI=1S/C22H16F3N5.C22H19N5.C21H16FN5.2C2H6/c23-22(24,25)18-7-5-15(11-28-18)20-21(27-10-9-26-20)16-12-30(13-16)19-8-6-14-3-1-2-4-17(14)29-19;1-15-18(6-4-10-23-15)22-21(24-11-12-25-22)17-13-27(14-17)20-9-8-16-5-2-3-7-19(16)26-20;22-18-7-5-15(11-25-18)20-21(24-10-9-23-20)16-12-27(13-16)19-8-6-14-3-1-2-4-17(14)26-19;2*1-2/h1-11,16H,12-13H2;2-12,17H,13-14H2,1H3;1-11,16H,12-13H2;2*1-2H3. The maximum absolute atomic E-state index is 13.1. The molecule has 3 aromatic carbocycles. The average Bonchev–Trinajstić information content (AvgIpc) is 2.00. The van der Waals surface area contributed by atoms with Gasteiger partial charge < -0.3 is 14.7 Å². The first-order chi connectivity index (χ1) is 43.1. The lowest BCUT2D eigenvalue weighted by Crippen LogP contribution is -2.46. The van der Waals surface area contributed by atoms with Gasteiger partial charge in [-0.1, -0.05) is 82.3 Å². The number of fused-ring (bicyclic) bond motifs is 3. The first kappa shape index (κ1) is 59.4. The summed E-state index contributed by atoms with van der Waals surface area (Å²) in [4.78, 5) is 59.8. The van der Waals surface area contributed by atoms with E-state index in [0.717, 1.165) is 122 Å². The van der Waals surface area contributed by atoms with E-state index >= 15 is 0 Å². The first-order valence-electron chi connectivity index (χ1n) is 29.4. The second-order valence-electron chi connectivity index (χ2n) is 20.7. The number of rotatable bonds is 9. The summed E-state index contributed by atoms with van der Waals surface area (Å²) in [6.07, 6.45) is 10.1. The Morgan fingerprint density at radius 1 is 0.375 bits per heavy atom. The minimum atomic E-state index is -4.47. The summed E-state index contributed by atoms with van der Waals surface area (Å²) in [5, 5.41) is 3.39. The number of para-hydroxylation sites is 3. The van der Waals surface area contributed by atoms with Gasteiger partial charge in [0.1, 0.15) is 23.1 Å². The number of pyridine rings is 6. The van der Waals surface area contributed by atoms with Crippen LogP contribution in [-0.2, 0) is 6.18 Å². The zero-order valence-corrected chi connectivity index (χ0v) is 49.2. The average molecular weight is 1180 g/mol. The van der Waals surface area contributed by atoms with Gasteiger partial charge in [0.15, 0.2) is 0 Å². The molecule has 442 valence electrons. The topological polar surface area (TPSA) is 164 Å². The lowest BCUT2D eigenvalue weighted by atomic mass is 9.92. The van der Waals surface area contributed by atoms with Crippen LogP contribution in [-0.4, -0.2) is 99.1 Å². The summed E-state index contributed by atoms with van der Waals surface area (Å²) in [7, 11) is 0. The van der Waals surface area contributed by atoms with Gasteiger partial charge in [-0.25, -0.2) is 19.9 Å². The minimum Gasteiger partial charge on any atom is -0.355 e. The van der Waals surface area contributed by atoms with Crippen LogP contribution in [0, 0.1) is 12.9 Å². The van der Waals surface area contributed by atoms with Crippen molar-refractivity contribution < 1.29 is 17.6 Å². The van der Waals surface area contributed by atoms with Crippen LogP contribution >= 0.6 is 0 Å². The van der Waals surface area contributed by atoms with Crippen molar-refractivity contribution in [2.24, 2.45) is 0 Å². The van der Waals surface area contributed by atoms with E-state index in [1.807, 2.05) is 114 Å². The van der Waals surface area contributed by atoms with E-state index < -0.39 is 17.8 Å². The highest BCUT2D eigenvalue weighted by Gasteiger charge is 2.36. The third-order valence-electron chi connectivity index (χ3n) is 15.3. The molecule has 0 atom stereocenters. The van der Waals surface area contributed by atoms with E-state index in [1.54, 1.807) is 37.1 Å². The number of halogens is 4. The Hall–Kier alpha value is -10.3. The van der Waals surface area contributed by atoms with Gasteiger partial charge in [0.2, 0.25) is 5.95 Å². The first-order valence-corrected chi connectivity index (χ1v) is 29.4. The van der Waals surface area contributed by atoms with Gasteiger partial charge >= 0.3 is 6.18 Å². The smallest absolute Gasteiger partial charge is 0.355 e. The third kappa shape index (κ3) is 13.1. The molecule has 3 aliphatic heterocycles. The number of anilines is 3. The highest BCUT2D eigenvalue weighted by Crippen LogP contribution is 2.39. The maximum atomic E-state index is 13.1. The maximum Gasteiger partial charge on any atom is 0.433 e. The molecule has 0 aliphatic carbocycles. The predicted molar refractivity (Wildman–Crippen MR) is 338 cm³/mol. The van der Waals surface area contributed by atoms with Crippen molar-refractivity contribution in [1.82, 2.24) is 59.8 Å². The lowest BCUT2D eigenvalue weighted by Gasteiger charge is -2.40. The van der Waals surface area contributed by atoms with E-state index in [2.05, 4.69) is 108 Å². The van der Waals surface area contributed by atoms with Crippen LogP contribution in [0.15, 0.2) is 201 Å². The Balaban J connectivity index is 0.000000133. The van der Waals surface area contributed by atoms with E-state index in [4.69, 9.17) is 15.0 Å². The molecular formula is C69H63F4N15. The number of aryl methyl sites for hydroxylation is 1. The minimum absolute atomic E-state index is 0.115. The quantitative estimate of drug-likeness (QED) is 0.0989. The Morgan fingerprint density at radius 3 is 1.15 bits per heavy atom. The number of benzene rings is 3. The van der Waals surface area contributed by atoms with Gasteiger partial charge in [0.25, 0.3) is 0 Å². The van der Waals surface area contributed by atoms with Crippen molar-refractivity contribution >= 4 is 50.2 Å². The molecule has 0 bridgehead atoms. The fourth-order valence-electron chi connectivity index (χ4n) is 10.8. The van der Waals surface area contributed by atoms with Crippen LogP contribution < -0.4 is 14.7 Å². The molecule has 0 saturated carbocycles. The molecule has 0 amide bonds. The van der Waals surface area contributed by atoms with Crippen LogP contribution in [0.5, 0.6) is 0 Å². The molecule has 88 heavy (non-hydrogen) atoms. The Labute approximate surface area is 507 Å². The molecule has 0 N–H and O–H groups in total. The summed E-state index contributed by atoms with van der Waals surface area (Å²) in [5.74, 6) is 3.11. The highest BCUT2D eigenvalue weighted by molar-refractivity contribution is 5.82. The number of nitrogens with zero attached hydrogens (tertiary/aromatic N) is 15. The fourth-order valence-corrected chi connectivity index (χ4v) is 10.8. The van der Waals surface area contributed by atoms with Gasteiger partial charge in [-0.2, -0.15) is 17.6 Å². The number of aromatic nitrogens is 12. The molecule has 0 unspecified atom stereocenters. The largest absolute Gasteiger partial charge is 0.433 e. The fraction of sp³-hybridized carbons (Fsp3) is 0.217. The Kier molecular flexibility index (Phi) is 18.2. The summed E-state index contributed by atoms with van der Waals surface area (Å²) in [6.45, 7) is 14.9. The molecular weight excluding hydrogens is 1110 g/mol. The highest BCUT2D eigenvalue weighted by atomic mass is 19.4. The normalized spacial score (nSPS) is 13.9. The monoisotopic (exact) mass is 1180 g/mol. The summed E-state index contributed by atoms with van der Waals surface area (Å²) >= 11 is 0. The van der Waals surface area contributed by atoms with Crippen LogP contribution in [0.3, 0.4) is 0 Å². The molecule has 15 rings (SSSR count). The predicted octanol–water partition coefficient (Wildman–Crippen LogP) is 14.6. The second-order valence-corrected chi connectivity index (χ2v) is 20.7. The van der Waals surface area contributed by atoms with Crippen molar-refractivity contribution in [3.05, 3.63) is 236 Å². The molecule has 0 spiro atoms. The van der Waals surface area contributed by atoms with E-state index in [0.29, 0.717) is 30.3 Å².